The van der Waals surface area contributed by atoms with Crippen molar-refractivity contribution >= 4 is 22.5 Å². The minimum atomic E-state index is -0.533. The molecule has 0 fully saturated rings. The number of ether oxygens (including phenoxy) is 1. The van der Waals surface area contributed by atoms with Crippen LogP contribution < -0.4 is 5.56 Å². The second-order valence-corrected chi connectivity index (χ2v) is 4.02. The van der Waals surface area contributed by atoms with E-state index in [0.717, 1.165) is 5.52 Å². The van der Waals surface area contributed by atoms with Gasteiger partial charge in [0.1, 0.15) is 5.52 Å². The van der Waals surface area contributed by atoms with Crippen molar-refractivity contribution in [2.45, 2.75) is 6.92 Å². The summed E-state index contributed by atoms with van der Waals surface area (Å²) in [5.74, 6) is -0.533. The molecule has 0 spiro atoms. The Morgan fingerprint density at radius 3 is 2.95 bits per heavy atom. The molecule has 0 aliphatic carbocycles. The Bertz CT molecular complexity index is 832. The van der Waals surface area contributed by atoms with Gasteiger partial charge in [-0.1, -0.05) is 12.1 Å². The number of fused-ring (bicyclic) bond motifs is 3. The number of esters is 1. The fourth-order valence-corrected chi connectivity index (χ4v) is 1.98. The van der Waals surface area contributed by atoms with E-state index >= 15 is 0 Å². The number of para-hydroxylation sites is 2. The minimum Gasteiger partial charge on any atom is -0.461 e. The first-order valence-electron chi connectivity index (χ1n) is 5.88. The van der Waals surface area contributed by atoms with Gasteiger partial charge < -0.3 is 9.72 Å². The molecular formula is C13H11N3O3. The molecule has 2 aromatic heterocycles. The molecule has 2 heterocycles. The smallest absolute Gasteiger partial charge is 0.358 e. The Balaban J connectivity index is 2.32. The molecule has 0 unspecified atom stereocenters. The lowest BCUT2D eigenvalue weighted by molar-refractivity contribution is 0.0519. The standard InChI is InChI=1S/C13H11N3O3/c1-2-19-13(18)9-7-11-12(17)14-8-5-3-4-6-10(8)16(11)15-9/h3-7H,2H2,1H3,(H,14,17). The molecule has 0 saturated carbocycles. The average Bonchev–Trinajstić information content (AvgIpc) is 2.85. The highest BCUT2D eigenvalue weighted by atomic mass is 16.5. The van der Waals surface area contributed by atoms with Gasteiger partial charge in [-0.3, -0.25) is 4.79 Å². The van der Waals surface area contributed by atoms with E-state index in [-0.39, 0.29) is 17.9 Å². The van der Waals surface area contributed by atoms with Gasteiger partial charge in [0.25, 0.3) is 5.56 Å². The topological polar surface area (TPSA) is 76.5 Å². The van der Waals surface area contributed by atoms with Gasteiger partial charge >= 0.3 is 5.97 Å². The lowest BCUT2D eigenvalue weighted by Gasteiger charge is -1.99. The molecule has 3 aromatic rings. The number of benzene rings is 1. The van der Waals surface area contributed by atoms with Gasteiger partial charge in [-0.2, -0.15) is 5.10 Å². The van der Waals surface area contributed by atoms with Gasteiger partial charge in [0.05, 0.1) is 17.6 Å². The van der Waals surface area contributed by atoms with E-state index in [1.165, 1.54) is 10.6 Å². The highest BCUT2D eigenvalue weighted by molar-refractivity contribution is 5.89. The van der Waals surface area contributed by atoms with Crippen molar-refractivity contribution in [3.63, 3.8) is 0 Å². The average molecular weight is 257 g/mol. The van der Waals surface area contributed by atoms with Crippen molar-refractivity contribution < 1.29 is 9.53 Å². The lowest BCUT2D eigenvalue weighted by Crippen LogP contribution is -2.10. The van der Waals surface area contributed by atoms with E-state index in [2.05, 4.69) is 10.1 Å². The van der Waals surface area contributed by atoms with Crippen LogP contribution in [-0.4, -0.2) is 27.2 Å². The number of rotatable bonds is 2. The van der Waals surface area contributed by atoms with E-state index in [0.29, 0.717) is 11.0 Å². The molecule has 96 valence electrons. The van der Waals surface area contributed by atoms with Crippen molar-refractivity contribution in [2.75, 3.05) is 6.61 Å². The highest BCUT2D eigenvalue weighted by Crippen LogP contribution is 2.12. The monoisotopic (exact) mass is 257 g/mol. The normalized spacial score (nSPS) is 11.0. The molecule has 3 rings (SSSR count). The Kier molecular flexibility index (Phi) is 2.56. The quantitative estimate of drug-likeness (QED) is 0.703. The zero-order valence-electron chi connectivity index (χ0n) is 10.2. The van der Waals surface area contributed by atoms with Crippen molar-refractivity contribution in [1.29, 1.82) is 0 Å². The molecule has 6 heteroatoms. The first-order valence-corrected chi connectivity index (χ1v) is 5.88. The molecule has 0 saturated heterocycles. The summed E-state index contributed by atoms with van der Waals surface area (Å²) in [6, 6.07) is 8.69. The Morgan fingerprint density at radius 1 is 1.37 bits per heavy atom. The van der Waals surface area contributed by atoms with Gasteiger partial charge in [-0.25, -0.2) is 9.31 Å². The third kappa shape index (κ3) is 1.77. The zero-order chi connectivity index (χ0) is 13.4. The summed E-state index contributed by atoms with van der Waals surface area (Å²) >= 11 is 0. The molecule has 1 aromatic carbocycles. The first-order chi connectivity index (χ1) is 9.20. The number of H-pyrrole nitrogens is 1. The molecule has 0 aliphatic heterocycles. The van der Waals surface area contributed by atoms with E-state index in [1.807, 2.05) is 18.2 Å². The summed E-state index contributed by atoms with van der Waals surface area (Å²) < 4.78 is 6.34. The van der Waals surface area contributed by atoms with Gasteiger partial charge in [0.2, 0.25) is 0 Å². The third-order valence-corrected chi connectivity index (χ3v) is 2.81. The van der Waals surface area contributed by atoms with Crippen LogP contribution >= 0.6 is 0 Å². The van der Waals surface area contributed by atoms with E-state index in [1.54, 1.807) is 13.0 Å². The Labute approximate surface area is 107 Å². The fourth-order valence-electron chi connectivity index (χ4n) is 1.98. The number of carbonyl (C=O) groups is 1. The van der Waals surface area contributed by atoms with Crippen molar-refractivity contribution in [3.05, 3.63) is 46.4 Å². The SMILES string of the molecule is CCOC(=O)c1cc2c(=O)[nH]c3ccccc3n2n1. The van der Waals surface area contributed by atoms with Crippen molar-refractivity contribution in [2.24, 2.45) is 0 Å². The molecule has 0 atom stereocenters. The molecule has 19 heavy (non-hydrogen) atoms. The summed E-state index contributed by atoms with van der Waals surface area (Å²) in [5, 5.41) is 4.14. The second kappa shape index (κ2) is 4.24. The van der Waals surface area contributed by atoms with Crippen LogP contribution in [0.15, 0.2) is 35.1 Å². The molecule has 0 amide bonds. The molecule has 0 bridgehead atoms. The summed E-state index contributed by atoms with van der Waals surface area (Å²) in [7, 11) is 0. The van der Waals surface area contributed by atoms with Crippen LogP contribution in [0.3, 0.4) is 0 Å². The van der Waals surface area contributed by atoms with Crippen LogP contribution in [-0.2, 0) is 4.74 Å². The maximum absolute atomic E-state index is 11.9. The van der Waals surface area contributed by atoms with E-state index in [4.69, 9.17) is 4.74 Å². The van der Waals surface area contributed by atoms with E-state index < -0.39 is 5.97 Å². The summed E-state index contributed by atoms with van der Waals surface area (Å²) in [6.45, 7) is 1.99. The van der Waals surface area contributed by atoms with Crippen LogP contribution in [0.2, 0.25) is 0 Å². The Morgan fingerprint density at radius 2 is 2.16 bits per heavy atom. The number of nitrogens with zero attached hydrogens (tertiary/aromatic N) is 2. The van der Waals surface area contributed by atoms with Gasteiger partial charge in [-0.05, 0) is 19.1 Å². The van der Waals surface area contributed by atoms with Crippen molar-refractivity contribution in [1.82, 2.24) is 14.6 Å². The molecule has 0 radical (unpaired) electrons. The third-order valence-electron chi connectivity index (χ3n) is 2.81. The van der Waals surface area contributed by atoms with Crippen LogP contribution in [0.1, 0.15) is 17.4 Å². The summed E-state index contributed by atoms with van der Waals surface area (Å²) in [5.41, 5.74) is 1.55. The molecular weight excluding hydrogens is 246 g/mol. The van der Waals surface area contributed by atoms with Crippen LogP contribution in [0, 0.1) is 0 Å². The summed E-state index contributed by atoms with van der Waals surface area (Å²) in [6.07, 6.45) is 0. The minimum absolute atomic E-state index is 0.128. The second-order valence-electron chi connectivity index (χ2n) is 4.02. The number of carbonyl (C=O) groups excluding carboxylic acids is 1. The van der Waals surface area contributed by atoms with Crippen LogP contribution in [0.25, 0.3) is 16.6 Å². The molecule has 6 nitrogen and oxygen atoms in total. The number of aromatic amines is 1. The van der Waals surface area contributed by atoms with Crippen LogP contribution in [0.4, 0.5) is 0 Å². The van der Waals surface area contributed by atoms with Gasteiger partial charge in [0, 0.05) is 6.07 Å². The molecule has 0 aliphatic rings. The number of hydrogen-bond acceptors (Lipinski definition) is 4. The fraction of sp³-hybridized carbons (Fsp3) is 0.154. The summed E-state index contributed by atoms with van der Waals surface area (Å²) in [4.78, 5) is 26.3. The number of hydrogen-bond donors (Lipinski definition) is 1. The predicted octanol–water partition coefficient (Wildman–Crippen LogP) is 1.35. The Hall–Kier alpha value is -2.63. The maximum Gasteiger partial charge on any atom is 0.358 e. The predicted molar refractivity (Wildman–Crippen MR) is 69.3 cm³/mol. The highest BCUT2D eigenvalue weighted by Gasteiger charge is 2.15. The zero-order valence-corrected chi connectivity index (χ0v) is 10.2. The maximum atomic E-state index is 11.9. The van der Waals surface area contributed by atoms with E-state index in [9.17, 15) is 9.59 Å². The largest absolute Gasteiger partial charge is 0.461 e. The van der Waals surface area contributed by atoms with Crippen LogP contribution in [0.5, 0.6) is 0 Å². The number of aromatic nitrogens is 3. The first kappa shape index (κ1) is 11.5. The lowest BCUT2D eigenvalue weighted by atomic mass is 10.3. The van der Waals surface area contributed by atoms with Gasteiger partial charge in [0.15, 0.2) is 5.69 Å². The molecule has 1 N–H and O–H groups in total. The van der Waals surface area contributed by atoms with Gasteiger partial charge in [-0.15, -0.1) is 0 Å². The number of nitrogens with one attached hydrogen (secondary N) is 1. The van der Waals surface area contributed by atoms with Crippen molar-refractivity contribution in [3.8, 4) is 0 Å².